The summed E-state index contributed by atoms with van der Waals surface area (Å²) in [5.74, 6) is -0.0111. The number of amides is 1. The molecule has 21 heavy (non-hydrogen) atoms. The van der Waals surface area contributed by atoms with Crippen molar-refractivity contribution in [3.8, 4) is 0 Å². The van der Waals surface area contributed by atoms with Gasteiger partial charge in [-0.05, 0) is 74.8 Å². The minimum absolute atomic E-state index is 0.0111. The Kier molecular flexibility index (Phi) is 4.33. The fourth-order valence-electron chi connectivity index (χ4n) is 2.63. The van der Waals surface area contributed by atoms with E-state index in [1.165, 1.54) is 0 Å². The number of hydrogen-bond donors (Lipinski definition) is 1. The highest BCUT2D eigenvalue weighted by Crippen LogP contribution is 2.30. The Labute approximate surface area is 145 Å². The lowest BCUT2D eigenvalue weighted by molar-refractivity contribution is 0.0982. The fraction of sp³-hybridized carbons (Fsp3) is 0.188. The van der Waals surface area contributed by atoms with Gasteiger partial charge in [-0.3, -0.25) is 4.79 Å². The number of para-hydroxylation sites is 1. The lowest BCUT2D eigenvalue weighted by Gasteiger charge is -2.33. The highest BCUT2D eigenvalue weighted by atomic mass is 127. The average molecular weight is 457 g/mol. The van der Waals surface area contributed by atoms with Crippen molar-refractivity contribution in [2.24, 2.45) is 5.73 Å². The summed E-state index contributed by atoms with van der Waals surface area (Å²) in [6.07, 6.45) is 0.813. The van der Waals surface area contributed by atoms with Crippen LogP contribution in [0.25, 0.3) is 0 Å². The Bertz CT molecular complexity index is 704. The van der Waals surface area contributed by atoms with Crippen molar-refractivity contribution >= 4 is 50.1 Å². The van der Waals surface area contributed by atoms with Gasteiger partial charge in [-0.1, -0.05) is 18.2 Å². The zero-order chi connectivity index (χ0) is 15.0. The number of carbonyl (C=O) groups excluding carboxylic acids is 1. The van der Waals surface area contributed by atoms with E-state index in [0.29, 0.717) is 12.1 Å². The number of nitrogens with zero attached hydrogens (tertiary/aromatic N) is 1. The molecule has 2 N–H and O–H groups in total. The molecule has 1 aliphatic rings. The molecule has 3 rings (SSSR count). The summed E-state index contributed by atoms with van der Waals surface area (Å²) >= 11 is 5.68. The van der Waals surface area contributed by atoms with Crippen LogP contribution in [-0.2, 0) is 6.42 Å². The molecule has 5 heteroatoms. The first kappa shape index (κ1) is 15.0. The van der Waals surface area contributed by atoms with E-state index in [0.717, 1.165) is 25.7 Å². The maximum atomic E-state index is 12.9. The van der Waals surface area contributed by atoms with E-state index >= 15 is 0 Å². The van der Waals surface area contributed by atoms with Crippen molar-refractivity contribution < 1.29 is 4.79 Å². The van der Waals surface area contributed by atoms with E-state index in [-0.39, 0.29) is 11.9 Å². The van der Waals surface area contributed by atoms with Crippen LogP contribution >= 0.6 is 38.5 Å². The van der Waals surface area contributed by atoms with E-state index in [1.807, 2.05) is 42.5 Å². The predicted octanol–water partition coefficient (Wildman–Crippen LogP) is 3.58. The molecule has 1 atom stereocenters. The number of nitrogens with two attached hydrogens (primary N) is 1. The molecule has 2 aromatic rings. The topological polar surface area (TPSA) is 46.3 Å². The van der Waals surface area contributed by atoms with Crippen molar-refractivity contribution in [2.75, 3.05) is 11.4 Å². The number of hydrogen-bond acceptors (Lipinski definition) is 2. The molecule has 108 valence electrons. The molecule has 0 bridgehead atoms. The standard InChI is InChI=1S/C16H14BrIN2O/c17-14-6-5-11(18)8-13(14)16(21)20-9-12(19)7-10-3-1-2-4-15(10)20/h1-6,8,12H,7,9,19H2. The summed E-state index contributed by atoms with van der Waals surface area (Å²) in [4.78, 5) is 14.7. The lowest BCUT2D eigenvalue weighted by atomic mass is 9.97. The van der Waals surface area contributed by atoms with Crippen LogP contribution in [0.1, 0.15) is 15.9 Å². The number of halogens is 2. The van der Waals surface area contributed by atoms with E-state index in [4.69, 9.17) is 5.73 Å². The molecular formula is C16H14BrIN2O. The monoisotopic (exact) mass is 456 g/mol. The van der Waals surface area contributed by atoms with Crippen LogP contribution in [0.3, 0.4) is 0 Å². The first-order valence-corrected chi connectivity index (χ1v) is 8.54. The van der Waals surface area contributed by atoms with E-state index < -0.39 is 0 Å². The molecule has 0 aromatic heterocycles. The summed E-state index contributed by atoms with van der Waals surface area (Å²) < 4.78 is 1.85. The van der Waals surface area contributed by atoms with Gasteiger partial charge in [-0.15, -0.1) is 0 Å². The van der Waals surface area contributed by atoms with Gasteiger partial charge in [-0.2, -0.15) is 0 Å². The molecule has 3 nitrogen and oxygen atoms in total. The fourth-order valence-corrected chi connectivity index (χ4v) is 3.53. The van der Waals surface area contributed by atoms with Crippen LogP contribution in [0.15, 0.2) is 46.9 Å². The minimum Gasteiger partial charge on any atom is -0.326 e. The average Bonchev–Trinajstić information content (AvgIpc) is 2.48. The Morgan fingerprint density at radius 1 is 1.29 bits per heavy atom. The van der Waals surface area contributed by atoms with Gasteiger partial charge in [0.1, 0.15) is 0 Å². The normalized spacial score (nSPS) is 17.5. The number of rotatable bonds is 1. The third-order valence-corrected chi connectivity index (χ3v) is 4.95. The van der Waals surface area contributed by atoms with Crippen molar-refractivity contribution in [3.05, 3.63) is 61.6 Å². The summed E-state index contributed by atoms with van der Waals surface area (Å²) in [6, 6.07) is 13.7. The zero-order valence-electron chi connectivity index (χ0n) is 11.2. The number of anilines is 1. The molecule has 1 amide bonds. The summed E-state index contributed by atoms with van der Waals surface area (Å²) in [7, 11) is 0. The Morgan fingerprint density at radius 2 is 2.05 bits per heavy atom. The van der Waals surface area contributed by atoms with Crippen molar-refractivity contribution in [3.63, 3.8) is 0 Å². The van der Waals surface area contributed by atoms with E-state index in [2.05, 4.69) is 38.5 Å². The molecule has 0 spiro atoms. The Morgan fingerprint density at radius 3 is 2.86 bits per heavy atom. The lowest BCUT2D eigenvalue weighted by Crippen LogP contribution is -2.46. The first-order valence-electron chi connectivity index (χ1n) is 6.66. The second kappa shape index (κ2) is 6.06. The number of benzene rings is 2. The van der Waals surface area contributed by atoms with Gasteiger partial charge >= 0.3 is 0 Å². The highest BCUT2D eigenvalue weighted by molar-refractivity contribution is 14.1. The Balaban J connectivity index is 2.04. The smallest absolute Gasteiger partial charge is 0.259 e. The molecule has 1 unspecified atom stereocenters. The maximum Gasteiger partial charge on any atom is 0.259 e. The van der Waals surface area contributed by atoms with Gasteiger partial charge < -0.3 is 10.6 Å². The molecule has 0 saturated carbocycles. The zero-order valence-corrected chi connectivity index (χ0v) is 15.0. The molecule has 0 saturated heterocycles. The van der Waals surface area contributed by atoms with E-state index in [9.17, 15) is 4.79 Å². The summed E-state index contributed by atoms with van der Waals surface area (Å²) in [5, 5.41) is 0. The molecule has 0 aliphatic carbocycles. The van der Waals surface area contributed by atoms with Crippen molar-refractivity contribution in [1.82, 2.24) is 0 Å². The number of carbonyl (C=O) groups is 1. The van der Waals surface area contributed by atoms with Gasteiger partial charge in [0.15, 0.2) is 0 Å². The maximum absolute atomic E-state index is 12.9. The molecule has 1 heterocycles. The van der Waals surface area contributed by atoms with Crippen LogP contribution < -0.4 is 10.6 Å². The Hall–Kier alpha value is -0.920. The largest absolute Gasteiger partial charge is 0.326 e. The molecule has 0 fully saturated rings. The summed E-state index contributed by atoms with van der Waals surface area (Å²) in [5.41, 5.74) is 8.89. The van der Waals surface area contributed by atoms with E-state index in [1.54, 1.807) is 4.90 Å². The SMILES string of the molecule is NC1Cc2ccccc2N(C(=O)c2cc(I)ccc2Br)C1. The van der Waals surface area contributed by atoms with Crippen LogP contribution in [0.5, 0.6) is 0 Å². The van der Waals surface area contributed by atoms with Crippen molar-refractivity contribution in [2.45, 2.75) is 12.5 Å². The van der Waals surface area contributed by atoms with Gasteiger partial charge in [-0.25, -0.2) is 0 Å². The first-order chi connectivity index (χ1) is 10.1. The van der Waals surface area contributed by atoms with Crippen LogP contribution in [-0.4, -0.2) is 18.5 Å². The third-order valence-electron chi connectivity index (χ3n) is 3.59. The minimum atomic E-state index is -0.0228. The second-order valence-electron chi connectivity index (χ2n) is 5.13. The number of fused-ring (bicyclic) bond motifs is 1. The predicted molar refractivity (Wildman–Crippen MR) is 96.7 cm³/mol. The van der Waals surface area contributed by atoms with Crippen LogP contribution in [0.2, 0.25) is 0 Å². The van der Waals surface area contributed by atoms with Gasteiger partial charge in [0, 0.05) is 26.3 Å². The van der Waals surface area contributed by atoms with Crippen molar-refractivity contribution in [1.29, 1.82) is 0 Å². The van der Waals surface area contributed by atoms with Gasteiger partial charge in [0.05, 0.1) is 5.56 Å². The second-order valence-corrected chi connectivity index (χ2v) is 7.23. The van der Waals surface area contributed by atoms with Crippen LogP contribution in [0.4, 0.5) is 5.69 Å². The highest BCUT2D eigenvalue weighted by Gasteiger charge is 2.28. The van der Waals surface area contributed by atoms with Crippen LogP contribution in [0, 0.1) is 3.57 Å². The quantitative estimate of drug-likeness (QED) is 0.666. The van der Waals surface area contributed by atoms with Gasteiger partial charge in [0.25, 0.3) is 5.91 Å². The third kappa shape index (κ3) is 3.00. The molecule has 1 aliphatic heterocycles. The molecular weight excluding hydrogens is 443 g/mol. The molecule has 2 aromatic carbocycles. The summed E-state index contributed by atoms with van der Waals surface area (Å²) in [6.45, 7) is 0.549. The molecule has 0 radical (unpaired) electrons. The van der Waals surface area contributed by atoms with Gasteiger partial charge in [0.2, 0.25) is 0 Å².